The molecule has 0 spiro atoms. The van der Waals surface area contributed by atoms with Crippen LogP contribution in [0.1, 0.15) is 23.7 Å². The summed E-state index contributed by atoms with van der Waals surface area (Å²) >= 11 is 3.51. The molecule has 0 aliphatic carbocycles. The molecular formula is C19H20BrN3O. The molecule has 124 valence electrons. The number of ether oxygens (including phenoxy) is 1. The summed E-state index contributed by atoms with van der Waals surface area (Å²) in [6.07, 6.45) is 5.25. The van der Waals surface area contributed by atoms with Crippen molar-refractivity contribution in [1.82, 2.24) is 14.3 Å². The van der Waals surface area contributed by atoms with Crippen LogP contribution in [0.15, 0.2) is 47.2 Å². The zero-order chi connectivity index (χ0) is 16.5. The Bertz CT molecular complexity index is 874. The molecule has 1 aliphatic heterocycles. The summed E-state index contributed by atoms with van der Waals surface area (Å²) in [5.41, 5.74) is 4.91. The second-order valence-corrected chi connectivity index (χ2v) is 7.08. The molecule has 0 unspecified atom stereocenters. The SMILES string of the molecule is CCOc1ccc2c(c1)CN(Cc1cn3cc(Br)ccc3n1)CC2. The Morgan fingerprint density at radius 1 is 1.17 bits per heavy atom. The van der Waals surface area contributed by atoms with Crippen molar-refractivity contribution in [2.45, 2.75) is 26.4 Å². The largest absolute Gasteiger partial charge is 0.494 e. The standard InChI is InChI=1S/C19H20BrN3O/c1-2-24-18-5-3-14-7-8-22(10-15(14)9-18)12-17-13-23-11-16(20)4-6-19(23)21-17/h3-6,9,11,13H,2,7-8,10,12H2,1H3. The van der Waals surface area contributed by atoms with E-state index in [0.717, 1.165) is 47.6 Å². The number of imidazole rings is 1. The number of hydrogen-bond donors (Lipinski definition) is 0. The molecule has 5 heteroatoms. The first-order chi connectivity index (χ1) is 11.7. The Balaban J connectivity index is 1.52. The van der Waals surface area contributed by atoms with Crippen LogP contribution in [0.2, 0.25) is 0 Å². The molecule has 0 saturated heterocycles. The van der Waals surface area contributed by atoms with Gasteiger partial charge < -0.3 is 9.14 Å². The van der Waals surface area contributed by atoms with Crippen molar-refractivity contribution < 1.29 is 4.74 Å². The monoisotopic (exact) mass is 385 g/mol. The smallest absolute Gasteiger partial charge is 0.137 e. The van der Waals surface area contributed by atoms with Crippen LogP contribution in [-0.2, 0) is 19.5 Å². The first-order valence-electron chi connectivity index (χ1n) is 8.31. The van der Waals surface area contributed by atoms with Gasteiger partial charge in [0.1, 0.15) is 11.4 Å². The minimum atomic E-state index is 0.708. The van der Waals surface area contributed by atoms with Crippen molar-refractivity contribution in [3.05, 3.63) is 64.0 Å². The Morgan fingerprint density at radius 2 is 2.08 bits per heavy atom. The zero-order valence-corrected chi connectivity index (χ0v) is 15.3. The number of nitrogens with zero attached hydrogens (tertiary/aromatic N) is 3. The molecule has 0 N–H and O–H groups in total. The van der Waals surface area contributed by atoms with Gasteiger partial charge in [-0.3, -0.25) is 4.90 Å². The first kappa shape index (κ1) is 15.7. The van der Waals surface area contributed by atoms with Crippen molar-refractivity contribution in [2.24, 2.45) is 0 Å². The zero-order valence-electron chi connectivity index (χ0n) is 13.7. The maximum absolute atomic E-state index is 5.64. The maximum Gasteiger partial charge on any atom is 0.137 e. The van der Waals surface area contributed by atoms with E-state index in [9.17, 15) is 0 Å². The highest BCUT2D eigenvalue weighted by atomic mass is 79.9. The van der Waals surface area contributed by atoms with Crippen molar-refractivity contribution in [1.29, 1.82) is 0 Å². The second-order valence-electron chi connectivity index (χ2n) is 6.17. The fraction of sp³-hybridized carbons (Fsp3) is 0.316. The van der Waals surface area contributed by atoms with Crippen LogP contribution in [0.4, 0.5) is 0 Å². The molecule has 0 saturated carbocycles. The van der Waals surface area contributed by atoms with Crippen molar-refractivity contribution >= 4 is 21.6 Å². The number of halogens is 1. The van der Waals surface area contributed by atoms with Gasteiger partial charge in [0.05, 0.1) is 12.3 Å². The van der Waals surface area contributed by atoms with E-state index in [-0.39, 0.29) is 0 Å². The van der Waals surface area contributed by atoms with E-state index in [1.807, 2.05) is 25.3 Å². The van der Waals surface area contributed by atoms with Crippen molar-refractivity contribution in [3.8, 4) is 5.75 Å². The molecule has 1 aromatic carbocycles. The van der Waals surface area contributed by atoms with Crippen LogP contribution < -0.4 is 4.74 Å². The summed E-state index contributed by atoms with van der Waals surface area (Å²) in [5, 5.41) is 0. The Kier molecular flexibility index (Phi) is 4.29. The molecule has 4 nitrogen and oxygen atoms in total. The lowest BCUT2D eigenvalue weighted by molar-refractivity contribution is 0.242. The van der Waals surface area contributed by atoms with E-state index >= 15 is 0 Å². The number of benzene rings is 1. The molecule has 2 aromatic heterocycles. The molecule has 0 bridgehead atoms. The lowest BCUT2D eigenvalue weighted by atomic mass is 9.99. The Morgan fingerprint density at radius 3 is 2.96 bits per heavy atom. The number of rotatable bonds is 4. The highest BCUT2D eigenvalue weighted by Gasteiger charge is 2.18. The molecule has 24 heavy (non-hydrogen) atoms. The fourth-order valence-corrected chi connectivity index (χ4v) is 3.66. The lowest BCUT2D eigenvalue weighted by Gasteiger charge is -2.28. The fourth-order valence-electron chi connectivity index (χ4n) is 3.31. The van der Waals surface area contributed by atoms with Gasteiger partial charge in [-0.05, 0) is 64.7 Å². The van der Waals surface area contributed by atoms with Gasteiger partial charge in [0.25, 0.3) is 0 Å². The summed E-state index contributed by atoms with van der Waals surface area (Å²) in [6, 6.07) is 10.5. The summed E-state index contributed by atoms with van der Waals surface area (Å²) in [5.74, 6) is 0.968. The van der Waals surface area contributed by atoms with Gasteiger partial charge in [0, 0.05) is 36.5 Å². The topological polar surface area (TPSA) is 29.8 Å². The van der Waals surface area contributed by atoms with Crippen molar-refractivity contribution in [3.63, 3.8) is 0 Å². The molecule has 1 aliphatic rings. The van der Waals surface area contributed by atoms with E-state index in [4.69, 9.17) is 9.72 Å². The van der Waals surface area contributed by atoms with Gasteiger partial charge in [-0.2, -0.15) is 0 Å². The van der Waals surface area contributed by atoms with Gasteiger partial charge in [-0.15, -0.1) is 0 Å². The summed E-state index contributed by atoms with van der Waals surface area (Å²) in [4.78, 5) is 7.18. The maximum atomic E-state index is 5.64. The van der Waals surface area contributed by atoms with Crippen LogP contribution in [0.25, 0.3) is 5.65 Å². The molecule has 0 amide bonds. The van der Waals surface area contributed by atoms with Gasteiger partial charge in [0.2, 0.25) is 0 Å². The van der Waals surface area contributed by atoms with E-state index < -0.39 is 0 Å². The second kappa shape index (κ2) is 6.57. The normalized spacial score (nSPS) is 14.8. The third-order valence-electron chi connectivity index (χ3n) is 4.43. The molecule has 4 rings (SSSR count). The average molecular weight is 386 g/mol. The number of aromatic nitrogens is 2. The molecular weight excluding hydrogens is 366 g/mol. The minimum absolute atomic E-state index is 0.708. The Hall–Kier alpha value is -1.85. The lowest BCUT2D eigenvalue weighted by Crippen LogP contribution is -2.30. The van der Waals surface area contributed by atoms with Crippen LogP contribution >= 0.6 is 15.9 Å². The molecule has 0 atom stereocenters. The molecule has 3 heterocycles. The van der Waals surface area contributed by atoms with E-state index in [1.165, 1.54) is 11.1 Å². The highest BCUT2D eigenvalue weighted by molar-refractivity contribution is 9.10. The summed E-state index contributed by atoms with van der Waals surface area (Å²) < 4.78 is 8.78. The van der Waals surface area contributed by atoms with Crippen molar-refractivity contribution in [2.75, 3.05) is 13.2 Å². The number of hydrogen-bond acceptors (Lipinski definition) is 3. The molecule has 0 radical (unpaired) electrons. The predicted molar refractivity (Wildman–Crippen MR) is 98.3 cm³/mol. The summed E-state index contributed by atoms with van der Waals surface area (Å²) in [7, 11) is 0. The van der Waals surface area contributed by atoms with Crippen LogP contribution in [-0.4, -0.2) is 27.4 Å². The van der Waals surface area contributed by atoms with E-state index in [2.05, 4.69) is 49.6 Å². The third kappa shape index (κ3) is 3.19. The van der Waals surface area contributed by atoms with Gasteiger partial charge in [-0.25, -0.2) is 4.98 Å². The van der Waals surface area contributed by atoms with Crippen LogP contribution in [0.5, 0.6) is 5.75 Å². The van der Waals surface area contributed by atoms with Gasteiger partial charge in [0.15, 0.2) is 0 Å². The summed E-state index contributed by atoms with van der Waals surface area (Å²) in [6.45, 7) is 5.62. The highest BCUT2D eigenvalue weighted by Crippen LogP contribution is 2.25. The predicted octanol–water partition coefficient (Wildman–Crippen LogP) is 4.05. The van der Waals surface area contributed by atoms with Gasteiger partial charge in [-0.1, -0.05) is 6.07 Å². The minimum Gasteiger partial charge on any atom is -0.494 e. The number of pyridine rings is 1. The average Bonchev–Trinajstić information content (AvgIpc) is 2.96. The molecule has 3 aromatic rings. The van der Waals surface area contributed by atoms with Crippen LogP contribution in [0, 0.1) is 0 Å². The Labute approximate surface area is 150 Å². The third-order valence-corrected chi connectivity index (χ3v) is 4.90. The van der Waals surface area contributed by atoms with Crippen LogP contribution in [0.3, 0.4) is 0 Å². The van der Waals surface area contributed by atoms with Gasteiger partial charge >= 0.3 is 0 Å². The van der Waals surface area contributed by atoms with E-state index in [0.29, 0.717) is 6.61 Å². The number of fused-ring (bicyclic) bond motifs is 2. The first-order valence-corrected chi connectivity index (χ1v) is 9.10. The molecule has 0 fully saturated rings. The quantitative estimate of drug-likeness (QED) is 0.678. The van der Waals surface area contributed by atoms with E-state index in [1.54, 1.807) is 0 Å².